The van der Waals surface area contributed by atoms with Gasteiger partial charge in [0.15, 0.2) is 5.82 Å². The Balaban J connectivity index is 2.53. The van der Waals surface area contributed by atoms with E-state index in [1.165, 1.54) is 0 Å². The number of benzene rings is 1. The van der Waals surface area contributed by atoms with Crippen LogP contribution in [0.15, 0.2) is 24.3 Å². The van der Waals surface area contributed by atoms with Crippen LogP contribution in [0.5, 0.6) is 5.88 Å². The zero-order valence-corrected chi connectivity index (χ0v) is 9.17. The van der Waals surface area contributed by atoms with Gasteiger partial charge >= 0.3 is 6.09 Å². The maximum Gasteiger partial charge on any atom is 0.410 e. The van der Waals surface area contributed by atoms with Crippen molar-refractivity contribution in [3.05, 3.63) is 24.3 Å². The highest BCUT2D eigenvalue weighted by molar-refractivity contribution is 5.86. The van der Waals surface area contributed by atoms with Crippen LogP contribution in [0.2, 0.25) is 0 Å². The van der Waals surface area contributed by atoms with E-state index in [1.54, 1.807) is 19.1 Å². The fourth-order valence-corrected chi connectivity index (χ4v) is 1.40. The summed E-state index contributed by atoms with van der Waals surface area (Å²) in [6.07, 6.45) is -1.20. The predicted octanol–water partition coefficient (Wildman–Crippen LogP) is 2.12. The van der Waals surface area contributed by atoms with Gasteiger partial charge in [0.25, 0.3) is 5.88 Å². The number of carbonyl (C=O) groups is 1. The Labute approximate surface area is 97.3 Å². The molecule has 2 N–H and O–H groups in total. The quantitative estimate of drug-likeness (QED) is 0.848. The summed E-state index contributed by atoms with van der Waals surface area (Å²) in [5.41, 5.74) is 1.27. The standard InChI is InChI=1S/C11H11N3O3/c1-2-17-10-9(14-11(15)16)12-7-5-3-4-6-8(7)13-10/h3-6H,2H2,1H3,(H,12,14)(H,15,16). The normalized spacial score (nSPS) is 10.2. The van der Waals surface area contributed by atoms with Crippen LogP contribution in [-0.4, -0.2) is 27.8 Å². The Morgan fingerprint density at radius 1 is 1.35 bits per heavy atom. The molecule has 6 nitrogen and oxygen atoms in total. The number of carboxylic acid groups (broad SMARTS) is 1. The Kier molecular flexibility index (Phi) is 3.04. The average molecular weight is 233 g/mol. The SMILES string of the molecule is CCOc1nc2ccccc2nc1NC(=O)O. The highest BCUT2D eigenvalue weighted by Crippen LogP contribution is 2.23. The third kappa shape index (κ3) is 2.41. The van der Waals surface area contributed by atoms with Crippen LogP contribution < -0.4 is 10.1 Å². The molecular formula is C11H11N3O3. The highest BCUT2D eigenvalue weighted by atomic mass is 16.5. The summed E-state index contributed by atoms with van der Waals surface area (Å²) in [6.45, 7) is 2.18. The van der Waals surface area contributed by atoms with Gasteiger partial charge in [0.1, 0.15) is 0 Å². The minimum Gasteiger partial charge on any atom is -0.475 e. The number of para-hydroxylation sites is 2. The number of nitrogens with zero attached hydrogens (tertiary/aromatic N) is 2. The fraction of sp³-hybridized carbons (Fsp3) is 0.182. The van der Waals surface area contributed by atoms with Crippen LogP contribution in [-0.2, 0) is 0 Å². The summed E-state index contributed by atoms with van der Waals surface area (Å²) >= 11 is 0. The van der Waals surface area contributed by atoms with Crippen LogP contribution in [0.1, 0.15) is 6.92 Å². The van der Waals surface area contributed by atoms with Crippen molar-refractivity contribution >= 4 is 22.9 Å². The first-order valence-corrected chi connectivity index (χ1v) is 5.10. The molecule has 0 bridgehead atoms. The van der Waals surface area contributed by atoms with Gasteiger partial charge < -0.3 is 9.84 Å². The Hall–Kier alpha value is -2.37. The first-order chi connectivity index (χ1) is 8.20. The molecule has 0 aliphatic heterocycles. The number of hydrogen-bond acceptors (Lipinski definition) is 4. The van der Waals surface area contributed by atoms with Crippen LogP contribution >= 0.6 is 0 Å². The molecule has 0 aliphatic rings. The van der Waals surface area contributed by atoms with Gasteiger partial charge in [0, 0.05) is 0 Å². The molecule has 1 amide bonds. The lowest BCUT2D eigenvalue weighted by Crippen LogP contribution is -2.11. The molecule has 0 atom stereocenters. The van der Waals surface area contributed by atoms with Crippen molar-refractivity contribution in [3.8, 4) is 5.88 Å². The van der Waals surface area contributed by atoms with E-state index in [4.69, 9.17) is 9.84 Å². The summed E-state index contributed by atoms with van der Waals surface area (Å²) in [5.74, 6) is 0.298. The molecule has 0 saturated heterocycles. The van der Waals surface area contributed by atoms with Gasteiger partial charge in [0.05, 0.1) is 17.6 Å². The van der Waals surface area contributed by atoms with E-state index < -0.39 is 6.09 Å². The summed E-state index contributed by atoms with van der Waals surface area (Å²) < 4.78 is 5.25. The molecular weight excluding hydrogens is 222 g/mol. The van der Waals surface area contributed by atoms with E-state index in [0.29, 0.717) is 17.6 Å². The Bertz CT molecular complexity index is 557. The highest BCUT2D eigenvalue weighted by Gasteiger charge is 2.11. The number of amides is 1. The van der Waals surface area contributed by atoms with Gasteiger partial charge in [-0.1, -0.05) is 12.1 Å². The number of aromatic nitrogens is 2. The van der Waals surface area contributed by atoms with E-state index in [1.807, 2.05) is 12.1 Å². The van der Waals surface area contributed by atoms with Gasteiger partial charge in [-0.25, -0.2) is 14.8 Å². The van der Waals surface area contributed by atoms with E-state index in [2.05, 4.69) is 15.3 Å². The molecule has 0 radical (unpaired) electrons. The van der Waals surface area contributed by atoms with Gasteiger partial charge in [-0.3, -0.25) is 5.32 Å². The maximum absolute atomic E-state index is 10.6. The van der Waals surface area contributed by atoms with E-state index >= 15 is 0 Å². The van der Waals surface area contributed by atoms with Crippen LogP contribution in [0.4, 0.5) is 10.6 Å². The topological polar surface area (TPSA) is 84.3 Å². The largest absolute Gasteiger partial charge is 0.475 e. The smallest absolute Gasteiger partial charge is 0.410 e. The summed E-state index contributed by atoms with van der Waals surface area (Å²) in [6, 6.07) is 7.18. The minimum atomic E-state index is -1.20. The lowest BCUT2D eigenvalue weighted by atomic mass is 10.3. The zero-order valence-electron chi connectivity index (χ0n) is 9.17. The number of nitrogens with one attached hydrogen (secondary N) is 1. The van der Waals surface area contributed by atoms with E-state index in [0.717, 1.165) is 0 Å². The fourth-order valence-electron chi connectivity index (χ4n) is 1.40. The molecule has 0 saturated carbocycles. The number of fused-ring (bicyclic) bond motifs is 1. The molecule has 0 unspecified atom stereocenters. The molecule has 2 aromatic rings. The third-order valence-electron chi connectivity index (χ3n) is 2.04. The second-order valence-corrected chi connectivity index (χ2v) is 3.23. The molecule has 6 heteroatoms. The predicted molar refractivity (Wildman–Crippen MR) is 62.4 cm³/mol. The van der Waals surface area contributed by atoms with Crippen molar-refractivity contribution in [1.82, 2.24) is 9.97 Å². The van der Waals surface area contributed by atoms with E-state index in [-0.39, 0.29) is 11.7 Å². The number of rotatable bonds is 3. The summed E-state index contributed by atoms with van der Waals surface area (Å²) in [7, 11) is 0. The molecule has 1 heterocycles. The number of ether oxygens (including phenoxy) is 1. The molecule has 17 heavy (non-hydrogen) atoms. The van der Waals surface area contributed by atoms with Crippen molar-refractivity contribution in [2.24, 2.45) is 0 Å². The second kappa shape index (κ2) is 4.65. The van der Waals surface area contributed by atoms with Gasteiger partial charge in [-0.15, -0.1) is 0 Å². The minimum absolute atomic E-state index is 0.109. The maximum atomic E-state index is 10.6. The zero-order chi connectivity index (χ0) is 12.3. The van der Waals surface area contributed by atoms with Crippen molar-refractivity contribution in [3.63, 3.8) is 0 Å². The van der Waals surface area contributed by atoms with Crippen LogP contribution in [0.25, 0.3) is 11.0 Å². The van der Waals surface area contributed by atoms with Crippen molar-refractivity contribution in [1.29, 1.82) is 0 Å². The number of anilines is 1. The average Bonchev–Trinajstić information content (AvgIpc) is 2.29. The Morgan fingerprint density at radius 3 is 2.59 bits per heavy atom. The van der Waals surface area contributed by atoms with Crippen molar-refractivity contribution in [2.45, 2.75) is 6.92 Å². The van der Waals surface area contributed by atoms with Crippen LogP contribution in [0.3, 0.4) is 0 Å². The van der Waals surface area contributed by atoms with Crippen LogP contribution in [0, 0.1) is 0 Å². The molecule has 88 valence electrons. The third-order valence-corrected chi connectivity index (χ3v) is 2.04. The van der Waals surface area contributed by atoms with Crippen molar-refractivity contribution < 1.29 is 14.6 Å². The second-order valence-electron chi connectivity index (χ2n) is 3.23. The summed E-state index contributed by atoms with van der Waals surface area (Å²) in [5, 5.41) is 10.9. The lowest BCUT2D eigenvalue weighted by molar-refractivity contribution is 0.209. The molecule has 0 aliphatic carbocycles. The molecule has 2 rings (SSSR count). The molecule has 1 aromatic heterocycles. The van der Waals surface area contributed by atoms with Crippen molar-refractivity contribution in [2.75, 3.05) is 11.9 Å². The lowest BCUT2D eigenvalue weighted by Gasteiger charge is -2.08. The first kappa shape index (κ1) is 11.1. The monoisotopic (exact) mass is 233 g/mol. The molecule has 0 spiro atoms. The first-order valence-electron chi connectivity index (χ1n) is 5.10. The van der Waals surface area contributed by atoms with Gasteiger partial charge in [0.2, 0.25) is 0 Å². The van der Waals surface area contributed by atoms with Gasteiger partial charge in [-0.05, 0) is 19.1 Å². The van der Waals surface area contributed by atoms with Gasteiger partial charge in [-0.2, -0.15) is 0 Å². The molecule has 0 fully saturated rings. The summed E-state index contributed by atoms with van der Waals surface area (Å²) in [4.78, 5) is 19.0. The number of hydrogen-bond donors (Lipinski definition) is 2. The Morgan fingerprint density at radius 2 is 2.00 bits per heavy atom. The molecule has 1 aromatic carbocycles. The van der Waals surface area contributed by atoms with E-state index in [9.17, 15) is 4.79 Å².